The number of hydrogen-bond donors (Lipinski definition) is 1. The van der Waals surface area contributed by atoms with Crippen LogP contribution in [0.5, 0.6) is 0 Å². The van der Waals surface area contributed by atoms with Gasteiger partial charge in [0.1, 0.15) is 13.2 Å². The molecule has 0 aromatic heterocycles. The molecule has 0 aromatic rings. The van der Waals surface area contributed by atoms with Crippen molar-refractivity contribution in [3.63, 3.8) is 0 Å². The topological polar surface area (TPSA) is 108 Å². The zero-order chi connectivity index (χ0) is 31.5. The molecule has 0 spiro atoms. The number of carbonyl (C=O) groups excluding carboxylic acids is 2. The molecule has 0 aromatic carbocycles. The first-order valence-electron chi connectivity index (χ1n) is 16.7. The Balaban J connectivity index is 4.61. The molecule has 2 unspecified atom stereocenters. The lowest BCUT2D eigenvalue weighted by atomic mass is 10.1. The van der Waals surface area contributed by atoms with Crippen molar-refractivity contribution in [1.29, 1.82) is 0 Å². The van der Waals surface area contributed by atoms with Crippen molar-refractivity contribution >= 4 is 17.9 Å². The van der Waals surface area contributed by atoms with Crippen LogP contribution >= 0.6 is 0 Å². The average molecular weight is 603 g/mol. The van der Waals surface area contributed by atoms with Crippen molar-refractivity contribution in [2.24, 2.45) is 0 Å². The summed E-state index contributed by atoms with van der Waals surface area (Å²) in [5, 5.41) is 9.51. The second kappa shape index (κ2) is 26.9. The molecule has 0 rings (SSSR count). The van der Waals surface area contributed by atoms with E-state index in [0.717, 1.165) is 38.5 Å². The van der Waals surface area contributed by atoms with Crippen molar-refractivity contribution in [3.05, 3.63) is 0 Å². The molecule has 0 radical (unpaired) electrons. The van der Waals surface area contributed by atoms with E-state index in [0.29, 0.717) is 17.4 Å². The summed E-state index contributed by atoms with van der Waals surface area (Å²) in [7, 11) is 5.93. The molecule has 9 heteroatoms. The van der Waals surface area contributed by atoms with Gasteiger partial charge in [-0.1, -0.05) is 110 Å². The van der Waals surface area contributed by atoms with Gasteiger partial charge in [-0.3, -0.25) is 9.59 Å². The highest BCUT2D eigenvalue weighted by Crippen LogP contribution is 2.13. The molecule has 0 bridgehead atoms. The Morgan fingerprint density at radius 3 is 1.52 bits per heavy atom. The van der Waals surface area contributed by atoms with Crippen LogP contribution in [0.4, 0.5) is 0 Å². The lowest BCUT2D eigenvalue weighted by molar-refractivity contribution is -0.870. The molecule has 0 saturated carbocycles. The Hall–Kier alpha value is -1.71. The molecule has 0 aliphatic heterocycles. The van der Waals surface area contributed by atoms with E-state index in [-0.39, 0.29) is 32.2 Å². The van der Waals surface area contributed by atoms with E-state index in [1.165, 1.54) is 70.6 Å². The van der Waals surface area contributed by atoms with Gasteiger partial charge in [0.2, 0.25) is 0 Å². The molecule has 0 heterocycles. The number of ether oxygens (including phenoxy) is 4. The minimum atomic E-state index is -1.50. The molecule has 2 atom stereocenters. The maximum Gasteiger partial charge on any atom is 0.361 e. The largest absolute Gasteiger partial charge is 0.477 e. The number of carbonyl (C=O) groups is 3. The fourth-order valence-corrected chi connectivity index (χ4v) is 4.42. The van der Waals surface area contributed by atoms with E-state index in [2.05, 4.69) is 13.8 Å². The molecule has 248 valence electrons. The van der Waals surface area contributed by atoms with Gasteiger partial charge >= 0.3 is 17.9 Å². The van der Waals surface area contributed by atoms with Gasteiger partial charge < -0.3 is 28.5 Å². The third kappa shape index (κ3) is 27.1. The summed E-state index contributed by atoms with van der Waals surface area (Å²) in [6.45, 7) is 4.78. The molecule has 0 aliphatic rings. The Labute approximate surface area is 256 Å². The highest BCUT2D eigenvalue weighted by atomic mass is 16.7. The van der Waals surface area contributed by atoms with Crippen LogP contribution < -0.4 is 0 Å². The second-order valence-electron chi connectivity index (χ2n) is 12.5. The van der Waals surface area contributed by atoms with Crippen LogP contribution in [0.15, 0.2) is 0 Å². The van der Waals surface area contributed by atoms with Crippen LogP contribution in [0.2, 0.25) is 0 Å². The van der Waals surface area contributed by atoms with E-state index >= 15 is 0 Å². The minimum Gasteiger partial charge on any atom is -0.477 e. The zero-order valence-electron chi connectivity index (χ0n) is 27.7. The number of esters is 2. The predicted molar refractivity (Wildman–Crippen MR) is 166 cm³/mol. The number of quaternary nitrogens is 1. The normalized spacial score (nSPS) is 13.1. The molecular formula is C33H64NO8+. The van der Waals surface area contributed by atoms with Crippen molar-refractivity contribution in [1.82, 2.24) is 0 Å². The smallest absolute Gasteiger partial charge is 0.361 e. The number of carboxylic acids is 1. The van der Waals surface area contributed by atoms with Gasteiger partial charge in [-0.2, -0.15) is 0 Å². The van der Waals surface area contributed by atoms with E-state index in [4.69, 9.17) is 18.9 Å². The molecular weight excluding hydrogens is 538 g/mol. The Bertz CT molecular complexity index is 679. The lowest BCUT2D eigenvalue weighted by Gasteiger charge is -2.25. The molecule has 9 nitrogen and oxygen atoms in total. The predicted octanol–water partition coefficient (Wildman–Crippen LogP) is 7.04. The summed E-state index contributed by atoms with van der Waals surface area (Å²) in [6.07, 6.45) is 17.5. The summed E-state index contributed by atoms with van der Waals surface area (Å²) < 4.78 is 22.4. The molecule has 1 N–H and O–H groups in total. The number of carboxylic acid groups (broad SMARTS) is 1. The summed E-state index contributed by atoms with van der Waals surface area (Å²) in [5.74, 6) is -2.01. The second-order valence-corrected chi connectivity index (χ2v) is 12.5. The zero-order valence-corrected chi connectivity index (χ0v) is 27.7. The van der Waals surface area contributed by atoms with E-state index in [1.807, 2.05) is 21.1 Å². The first-order chi connectivity index (χ1) is 20.1. The number of rotatable bonds is 30. The summed E-state index contributed by atoms with van der Waals surface area (Å²) >= 11 is 0. The van der Waals surface area contributed by atoms with Gasteiger partial charge in [0, 0.05) is 12.8 Å². The van der Waals surface area contributed by atoms with Gasteiger partial charge in [0.25, 0.3) is 6.29 Å². The fourth-order valence-electron chi connectivity index (χ4n) is 4.42. The number of hydrogen-bond acceptors (Lipinski definition) is 7. The molecule has 42 heavy (non-hydrogen) atoms. The standard InChI is InChI=1S/C33H63NO8/c1-6-8-10-12-14-15-16-18-20-22-24-31(36)42-29(27-40-30(35)23-21-19-17-13-11-9-7-2)28-41-33(32(37)38)39-26-25-34(3,4)5/h29,33H,6-28H2,1-5H3/p+1. The third-order valence-corrected chi connectivity index (χ3v) is 7.11. The van der Waals surface area contributed by atoms with Crippen LogP contribution in [0.25, 0.3) is 0 Å². The molecule has 0 amide bonds. The minimum absolute atomic E-state index is 0.176. The van der Waals surface area contributed by atoms with Gasteiger partial charge in [0.15, 0.2) is 6.10 Å². The molecule has 0 saturated heterocycles. The monoisotopic (exact) mass is 602 g/mol. The third-order valence-electron chi connectivity index (χ3n) is 7.11. The number of unbranched alkanes of at least 4 members (excludes halogenated alkanes) is 15. The molecule has 0 fully saturated rings. The van der Waals surface area contributed by atoms with E-state index in [1.54, 1.807) is 0 Å². The Morgan fingerprint density at radius 1 is 0.619 bits per heavy atom. The van der Waals surface area contributed by atoms with Crippen molar-refractivity contribution in [3.8, 4) is 0 Å². The van der Waals surface area contributed by atoms with Gasteiger partial charge in [-0.15, -0.1) is 0 Å². The van der Waals surface area contributed by atoms with Crippen LogP contribution in [0, 0.1) is 0 Å². The lowest BCUT2D eigenvalue weighted by Crippen LogP contribution is -2.40. The molecule has 0 aliphatic carbocycles. The van der Waals surface area contributed by atoms with Gasteiger partial charge in [-0.25, -0.2) is 4.79 Å². The van der Waals surface area contributed by atoms with Crippen LogP contribution in [-0.2, 0) is 33.3 Å². The van der Waals surface area contributed by atoms with Crippen LogP contribution in [-0.4, -0.2) is 87.4 Å². The van der Waals surface area contributed by atoms with Gasteiger partial charge in [-0.05, 0) is 12.8 Å². The van der Waals surface area contributed by atoms with E-state index in [9.17, 15) is 19.5 Å². The van der Waals surface area contributed by atoms with E-state index < -0.39 is 24.3 Å². The van der Waals surface area contributed by atoms with Crippen molar-refractivity contribution in [2.45, 2.75) is 148 Å². The highest BCUT2D eigenvalue weighted by molar-refractivity contribution is 5.71. The number of aliphatic carboxylic acids is 1. The summed E-state index contributed by atoms with van der Waals surface area (Å²) in [6, 6.07) is 0. The summed E-state index contributed by atoms with van der Waals surface area (Å²) in [4.78, 5) is 36.5. The average Bonchev–Trinajstić information content (AvgIpc) is 2.93. The fraction of sp³-hybridized carbons (Fsp3) is 0.909. The SMILES string of the molecule is CCCCCCCCCCCCC(=O)OC(COC(=O)CCCCCCCCC)COC(OCC[N+](C)(C)C)C(=O)O. The van der Waals surface area contributed by atoms with Crippen LogP contribution in [0.3, 0.4) is 0 Å². The Kier molecular flexibility index (Phi) is 25.8. The van der Waals surface area contributed by atoms with Crippen molar-refractivity contribution < 1.29 is 42.9 Å². The van der Waals surface area contributed by atoms with Crippen LogP contribution in [0.1, 0.15) is 136 Å². The van der Waals surface area contributed by atoms with Gasteiger partial charge in [0.05, 0.1) is 34.4 Å². The maximum atomic E-state index is 12.5. The maximum absolute atomic E-state index is 12.5. The summed E-state index contributed by atoms with van der Waals surface area (Å²) in [5.41, 5.74) is 0. The Morgan fingerprint density at radius 2 is 1.07 bits per heavy atom. The first-order valence-corrected chi connectivity index (χ1v) is 16.7. The first kappa shape index (κ1) is 40.3. The van der Waals surface area contributed by atoms with Crippen molar-refractivity contribution in [2.75, 3.05) is 47.5 Å². The highest BCUT2D eigenvalue weighted by Gasteiger charge is 2.25. The number of likely N-dealkylation sites (N-methyl/N-ethyl adjacent to an activating group) is 1. The number of nitrogens with zero attached hydrogens (tertiary/aromatic N) is 1. The quantitative estimate of drug-likeness (QED) is 0.0404.